The van der Waals surface area contributed by atoms with E-state index in [0.717, 1.165) is 0 Å². The van der Waals surface area contributed by atoms with Gasteiger partial charge in [-0.3, -0.25) is 14.3 Å². The van der Waals surface area contributed by atoms with E-state index in [1.807, 2.05) is 0 Å². The van der Waals surface area contributed by atoms with Crippen molar-refractivity contribution in [3.63, 3.8) is 0 Å². The van der Waals surface area contributed by atoms with Crippen LogP contribution >= 0.6 is 0 Å². The maximum Gasteiger partial charge on any atom is 0.280 e. The second-order valence-corrected chi connectivity index (χ2v) is 4.21. The minimum atomic E-state index is -1.13. The lowest BCUT2D eigenvalue weighted by Gasteiger charge is -2.14. The van der Waals surface area contributed by atoms with E-state index in [0.29, 0.717) is 0 Å². The molecule has 1 aliphatic heterocycles. The molecule has 0 spiro atoms. The van der Waals surface area contributed by atoms with Gasteiger partial charge in [-0.25, -0.2) is 4.98 Å². The molecule has 20 heavy (non-hydrogen) atoms. The third-order valence-electron chi connectivity index (χ3n) is 2.96. The Morgan fingerprint density at radius 2 is 2.20 bits per heavy atom. The molecule has 6 N–H and O–H groups in total. The molecule has 0 amide bonds. The molecule has 10 nitrogen and oxygen atoms in total. The summed E-state index contributed by atoms with van der Waals surface area (Å²) >= 11 is 0. The van der Waals surface area contributed by atoms with E-state index in [2.05, 4.69) is 15.0 Å². The lowest BCUT2D eigenvalue weighted by atomic mass is 10.3. The summed E-state index contributed by atoms with van der Waals surface area (Å²) in [5.74, 6) is -1.07. The molecule has 0 radical (unpaired) electrons. The predicted molar refractivity (Wildman–Crippen MR) is 65.8 cm³/mol. The van der Waals surface area contributed by atoms with Gasteiger partial charge in [0.25, 0.3) is 5.56 Å². The van der Waals surface area contributed by atoms with Crippen LogP contribution in [-0.2, 0) is 4.74 Å². The lowest BCUT2D eigenvalue weighted by molar-refractivity contribution is -0.0331. The van der Waals surface area contributed by atoms with E-state index in [1.54, 1.807) is 0 Å². The van der Waals surface area contributed by atoms with Crippen LogP contribution in [0.4, 0.5) is 5.95 Å². The summed E-state index contributed by atoms with van der Waals surface area (Å²) < 4.78 is 6.51. The van der Waals surface area contributed by atoms with Crippen molar-refractivity contribution in [2.24, 2.45) is 0 Å². The molecule has 2 aromatic heterocycles. The number of fused-ring (bicyclic) bond motifs is 1. The summed E-state index contributed by atoms with van der Waals surface area (Å²) in [6.45, 7) is -0.505. The minimum Gasteiger partial charge on any atom is -0.506 e. The van der Waals surface area contributed by atoms with Crippen LogP contribution in [0.5, 0.6) is 0 Å². The molecule has 0 aromatic carbocycles. The SMILES string of the molecule is Nc1nc2c(ncn2[C@@H]2O[C@H](CO)C(O)=C2O)c(=O)[nH]1. The van der Waals surface area contributed by atoms with E-state index in [9.17, 15) is 15.0 Å². The highest BCUT2D eigenvalue weighted by atomic mass is 16.6. The van der Waals surface area contributed by atoms with Crippen molar-refractivity contribution in [1.29, 1.82) is 0 Å². The van der Waals surface area contributed by atoms with E-state index >= 15 is 0 Å². The largest absolute Gasteiger partial charge is 0.506 e. The predicted octanol–water partition coefficient (Wildman–Crippen LogP) is -1.08. The number of nitrogens with zero attached hydrogens (tertiary/aromatic N) is 3. The van der Waals surface area contributed by atoms with Crippen LogP contribution in [0.15, 0.2) is 22.6 Å². The molecule has 0 saturated heterocycles. The summed E-state index contributed by atoms with van der Waals surface area (Å²) in [6.07, 6.45) is -0.956. The van der Waals surface area contributed by atoms with Crippen molar-refractivity contribution in [3.8, 4) is 0 Å². The lowest BCUT2D eigenvalue weighted by Crippen LogP contribution is -2.19. The van der Waals surface area contributed by atoms with E-state index in [4.69, 9.17) is 15.6 Å². The number of hydrogen-bond acceptors (Lipinski definition) is 8. The number of aliphatic hydroxyl groups excluding tert-OH is 3. The number of aromatic amines is 1. The molecule has 0 saturated carbocycles. The first kappa shape index (κ1) is 12.4. The number of H-pyrrole nitrogens is 1. The zero-order valence-electron chi connectivity index (χ0n) is 10.0. The van der Waals surface area contributed by atoms with Gasteiger partial charge in [0.1, 0.15) is 6.10 Å². The maximum atomic E-state index is 11.6. The van der Waals surface area contributed by atoms with Crippen LogP contribution < -0.4 is 11.3 Å². The fraction of sp³-hybridized carbons (Fsp3) is 0.300. The van der Waals surface area contributed by atoms with Gasteiger partial charge in [0, 0.05) is 0 Å². The minimum absolute atomic E-state index is 0.0162. The van der Waals surface area contributed by atoms with Crippen molar-refractivity contribution in [2.75, 3.05) is 12.3 Å². The quantitative estimate of drug-likeness (QED) is 0.464. The first-order chi connectivity index (χ1) is 9.52. The summed E-state index contributed by atoms with van der Waals surface area (Å²) in [5.41, 5.74) is 5.03. The van der Waals surface area contributed by atoms with Gasteiger partial charge in [-0.1, -0.05) is 0 Å². The maximum absolute atomic E-state index is 11.6. The van der Waals surface area contributed by atoms with Gasteiger partial charge in [-0.15, -0.1) is 0 Å². The number of imidazole rings is 1. The first-order valence-corrected chi connectivity index (χ1v) is 5.63. The Bertz CT molecular complexity index is 763. The molecular formula is C10H11N5O5. The average Bonchev–Trinajstić information content (AvgIpc) is 2.93. The van der Waals surface area contributed by atoms with Crippen molar-refractivity contribution >= 4 is 17.1 Å². The van der Waals surface area contributed by atoms with Crippen molar-refractivity contribution in [2.45, 2.75) is 12.3 Å². The number of aromatic nitrogens is 4. The Labute approximate surface area is 110 Å². The number of nitrogens with two attached hydrogens (primary N) is 1. The molecule has 10 heteroatoms. The average molecular weight is 281 g/mol. The fourth-order valence-corrected chi connectivity index (χ4v) is 2.02. The van der Waals surface area contributed by atoms with Crippen molar-refractivity contribution < 1.29 is 20.1 Å². The highest BCUT2D eigenvalue weighted by molar-refractivity contribution is 5.70. The smallest absolute Gasteiger partial charge is 0.280 e. The molecule has 0 aliphatic carbocycles. The Morgan fingerprint density at radius 1 is 1.45 bits per heavy atom. The van der Waals surface area contributed by atoms with Crippen LogP contribution in [0.25, 0.3) is 11.2 Å². The number of rotatable bonds is 2. The Morgan fingerprint density at radius 3 is 2.85 bits per heavy atom. The molecule has 2 atom stereocenters. The van der Waals surface area contributed by atoms with Crippen molar-refractivity contribution in [1.82, 2.24) is 19.5 Å². The zero-order chi connectivity index (χ0) is 14.4. The summed E-state index contributed by atoms with van der Waals surface area (Å²) in [6, 6.07) is 0. The monoisotopic (exact) mass is 281 g/mol. The number of nitrogens with one attached hydrogen (secondary N) is 1. The second kappa shape index (κ2) is 4.21. The standard InChI is InChI=1S/C10H11N5O5/c11-10-13-7-4(8(19)14-10)12-2-15(7)9-6(18)5(17)3(1-16)20-9/h2-3,9,16-18H,1H2,(H3,11,13,14,19)/t3-,9-/m1/s1. The number of nitrogen functional groups attached to an aromatic ring is 1. The van der Waals surface area contributed by atoms with Gasteiger partial charge >= 0.3 is 0 Å². The van der Waals surface area contributed by atoms with Gasteiger partial charge < -0.3 is 25.8 Å². The number of anilines is 1. The molecule has 0 bridgehead atoms. The molecular weight excluding hydrogens is 270 g/mol. The van der Waals surface area contributed by atoms with Gasteiger partial charge in [0.2, 0.25) is 5.95 Å². The number of hydrogen-bond donors (Lipinski definition) is 5. The van der Waals surface area contributed by atoms with Crippen LogP contribution in [0.3, 0.4) is 0 Å². The normalized spacial score (nSPS) is 22.9. The third kappa shape index (κ3) is 1.62. The molecule has 106 valence electrons. The molecule has 3 rings (SSSR count). The van der Waals surface area contributed by atoms with E-state index in [-0.39, 0.29) is 17.1 Å². The first-order valence-electron chi connectivity index (χ1n) is 5.63. The molecule has 2 aromatic rings. The Balaban J connectivity index is 2.15. The molecule has 3 heterocycles. The zero-order valence-corrected chi connectivity index (χ0v) is 10.0. The van der Waals surface area contributed by atoms with Gasteiger partial charge in [0.15, 0.2) is 28.9 Å². The molecule has 0 fully saturated rings. The van der Waals surface area contributed by atoms with Crippen LogP contribution in [-0.4, -0.2) is 47.5 Å². The van der Waals surface area contributed by atoms with Gasteiger partial charge in [-0.2, -0.15) is 4.98 Å². The number of ether oxygens (including phenoxy) is 1. The van der Waals surface area contributed by atoms with Crippen LogP contribution in [0.2, 0.25) is 0 Å². The molecule has 0 unspecified atom stereocenters. The topological polar surface area (TPSA) is 160 Å². The van der Waals surface area contributed by atoms with E-state index < -0.39 is 36.0 Å². The summed E-state index contributed by atoms with van der Waals surface area (Å²) in [5, 5.41) is 28.5. The fourth-order valence-electron chi connectivity index (χ4n) is 2.02. The third-order valence-corrected chi connectivity index (χ3v) is 2.96. The van der Waals surface area contributed by atoms with Crippen LogP contribution in [0, 0.1) is 0 Å². The highest BCUT2D eigenvalue weighted by Gasteiger charge is 2.36. The van der Waals surface area contributed by atoms with Crippen molar-refractivity contribution in [3.05, 3.63) is 28.2 Å². The highest BCUT2D eigenvalue weighted by Crippen LogP contribution is 2.32. The van der Waals surface area contributed by atoms with Crippen LogP contribution in [0.1, 0.15) is 6.23 Å². The summed E-state index contributed by atoms with van der Waals surface area (Å²) in [7, 11) is 0. The number of aliphatic hydroxyl groups is 3. The Hall–Kier alpha value is -2.59. The van der Waals surface area contributed by atoms with Gasteiger partial charge in [0.05, 0.1) is 12.9 Å². The van der Waals surface area contributed by atoms with E-state index in [1.165, 1.54) is 10.9 Å². The second-order valence-electron chi connectivity index (χ2n) is 4.21. The molecule has 1 aliphatic rings. The van der Waals surface area contributed by atoms with Gasteiger partial charge in [-0.05, 0) is 0 Å². The summed E-state index contributed by atoms with van der Waals surface area (Å²) in [4.78, 5) is 21.7. The Kier molecular flexibility index (Phi) is 2.62.